The van der Waals surface area contributed by atoms with E-state index < -0.39 is 0 Å². The molecular formula is C28H24N6O. The number of nitrogens with zero attached hydrogens (tertiary/aromatic N) is 5. The fourth-order valence-corrected chi connectivity index (χ4v) is 4.68. The Morgan fingerprint density at radius 1 is 1.00 bits per heavy atom. The summed E-state index contributed by atoms with van der Waals surface area (Å²) in [5.41, 5.74) is 12.8. The maximum absolute atomic E-state index is 11.8. The number of pyridine rings is 1. The number of imidazole rings is 1. The van der Waals surface area contributed by atoms with E-state index in [0.29, 0.717) is 18.9 Å². The van der Waals surface area contributed by atoms with Gasteiger partial charge in [-0.2, -0.15) is 0 Å². The van der Waals surface area contributed by atoms with Crippen molar-refractivity contribution in [3.8, 4) is 22.5 Å². The minimum absolute atomic E-state index is 0.0842. The van der Waals surface area contributed by atoms with Crippen molar-refractivity contribution >= 4 is 33.7 Å². The van der Waals surface area contributed by atoms with Gasteiger partial charge in [0.1, 0.15) is 22.9 Å². The van der Waals surface area contributed by atoms with Gasteiger partial charge in [-0.05, 0) is 24.1 Å². The van der Waals surface area contributed by atoms with Crippen molar-refractivity contribution in [3.63, 3.8) is 0 Å². The molecule has 1 aliphatic rings. The van der Waals surface area contributed by atoms with Crippen LogP contribution in [-0.2, 0) is 4.79 Å². The number of amides is 1. The van der Waals surface area contributed by atoms with Gasteiger partial charge in [-0.25, -0.2) is 15.0 Å². The highest BCUT2D eigenvalue weighted by atomic mass is 16.2. The average molecular weight is 461 g/mol. The van der Waals surface area contributed by atoms with E-state index in [1.165, 1.54) is 0 Å². The molecule has 2 aromatic carbocycles. The average Bonchev–Trinajstić information content (AvgIpc) is 3.30. The van der Waals surface area contributed by atoms with Crippen molar-refractivity contribution in [3.05, 3.63) is 85.0 Å². The van der Waals surface area contributed by atoms with Crippen LogP contribution in [0.3, 0.4) is 0 Å². The zero-order chi connectivity index (χ0) is 23.9. The number of fused-ring (bicyclic) bond motifs is 2. The van der Waals surface area contributed by atoms with Crippen LogP contribution in [0.5, 0.6) is 0 Å². The molecule has 0 bridgehead atoms. The van der Waals surface area contributed by atoms with E-state index in [9.17, 15) is 4.79 Å². The summed E-state index contributed by atoms with van der Waals surface area (Å²) in [6.45, 7) is 2.86. The maximum atomic E-state index is 11.8. The number of carbonyl (C=O) groups excluding carboxylic acids is 1. The van der Waals surface area contributed by atoms with Crippen LogP contribution in [0, 0.1) is 0 Å². The number of nitrogens with two attached hydrogens (primary N) is 1. The largest absolute Gasteiger partial charge is 0.382 e. The van der Waals surface area contributed by atoms with Crippen LogP contribution in [0.1, 0.15) is 19.2 Å². The molecule has 0 atom stereocenters. The maximum Gasteiger partial charge on any atom is 0.219 e. The zero-order valence-electron chi connectivity index (χ0n) is 19.3. The predicted octanol–water partition coefficient (Wildman–Crippen LogP) is 4.83. The Labute approximate surface area is 202 Å². The highest BCUT2D eigenvalue weighted by Crippen LogP contribution is 2.33. The lowest BCUT2D eigenvalue weighted by Crippen LogP contribution is -2.32. The molecule has 4 heterocycles. The Morgan fingerprint density at radius 3 is 2.60 bits per heavy atom. The molecule has 0 saturated carbocycles. The number of benzene rings is 2. The van der Waals surface area contributed by atoms with Crippen LogP contribution in [0.15, 0.2) is 79.1 Å². The number of rotatable bonds is 3. The van der Waals surface area contributed by atoms with Gasteiger partial charge in [-0.15, -0.1) is 0 Å². The van der Waals surface area contributed by atoms with Crippen LogP contribution in [-0.4, -0.2) is 43.2 Å². The summed E-state index contributed by atoms with van der Waals surface area (Å²) < 4.78 is 2.00. The number of aromatic nitrogens is 4. The molecule has 0 spiro atoms. The second-order valence-corrected chi connectivity index (χ2v) is 8.73. The van der Waals surface area contributed by atoms with E-state index in [-0.39, 0.29) is 5.91 Å². The molecule has 172 valence electrons. The lowest BCUT2D eigenvalue weighted by molar-refractivity contribution is -0.128. The first-order chi connectivity index (χ1) is 17.1. The molecule has 2 N–H and O–H groups in total. The summed E-state index contributed by atoms with van der Waals surface area (Å²) in [6, 6.07) is 20.5. The molecule has 0 fully saturated rings. The van der Waals surface area contributed by atoms with Gasteiger partial charge < -0.3 is 10.6 Å². The molecule has 0 saturated heterocycles. The van der Waals surface area contributed by atoms with Gasteiger partial charge in [0, 0.05) is 48.9 Å². The molecule has 1 aliphatic heterocycles. The van der Waals surface area contributed by atoms with Crippen molar-refractivity contribution < 1.29 is 4.79 Å². The van der Waals surface area contributed by atoms with Crippen molar-refractivity contribution in [2.45, 2.75) is 13.3 Å². The molecule has 7 nitrogen and oxygen atoms in total. The fourth-order valence-electron chi connectivity index (χ4n) is 4.68. The van der Waals surface area contributed by atoms with E-state index in [4.69, 9.17) is 15.7 Å². The van der Waals surface area contributed by atoms with Gasteiger partial charge in [-0.3, -0.25) is 9.20 Å². The van der Waals surface area contributed by atoms with E-state index in [1.54, 1.807) is 13.1 Å². The molecule has 7 heteroatoms. The monoisotopic (exact) mass is 460 g/mol. The Kier molecular flexibility index (Phi) is 5.03. The second-order valence-electron chi connectivity index (χ2n) is 8.73. The van der Waals surface area contributed by atoms with Crippen LogP contribution in [0.25, 0.3) is 44.5 Å². The highest BCUT2D eigenvalue weighted by Gasteiger charge is 2.22. The fraction of sp³-hybridized carbons (Fsp3) is 0.143. The minimum Gasteiger partial charge on any atom is -0.382 e. The highest BCUT2D eigenvalue weighted by molar-refractivity contribution is 5.92. The van der Waals surface area contributed by atoms with Crippen molar-refractivity contribution in [2.75, 3.05) is 18.8 Å². The Balaban J connectivity index is 1.48. The summed E-state index contributed by atoms with van der Waals surface area (Å²) >= 11 is 0. The first kappa shape index (κ1) is 21.0. The molecule has 6 rings (SSSR count). The number of nitrogen functional groups attached to an aromatic ring is 1. The van der Waals surface area contributed by atoms with E-state index in [1.807, 2.05) is 39.8 Å². The summed E-state index contributed by atoms with van der Waals surface area (Å²) in [5, 5.41) is 1.06. The number of carbonyl (C=O) groups is 1. The standard InChI is InChI=1S/C28H24N6O/c1-18(35)33-14-11-21(12-15-33)28-32-25(26-27(29)30-13-16-34(26)28)22-8-7-20-9-10-23(31-24(20)17-22)19-5-3-2-4-6-19/h2-11,13,16-17H,12,14-15H2,1H3,(H2,29,30). The quantitative estimate of drug-likeness (QED) is 0.417. The van der Waals surface area contributed by atoms with Gasteiger partial charge in [0.2, 0.25) is 5.91 Å². The van der Waals surface area contributed by atoms with E-state index in [2.05, 4.69) is 47.5 Å². The van der Waals surface area contributed by atoms with Crippen LogP contribution >= 0.6 is 0 Å². The molecule has 0 aliphatic carbocycles. The summed E-state index contributed by atoms with van der Waals surface area (Å²) in [6.07, 6.45) is 6.40. The molecule has 1 amide bonds. The summed E-state index contributed by atoms with van der Waals surface area (Å²) in [4.78, 5) is 27.9. The van der Waals surface area contributed by atoms with Gasteiger partial charge in [-0.1, -0.05) is 54.6 Å². The number of hydrogen-bond donors (Lipinski definition) is 1. The van der Waals surface area contributed by atoms with E-state index >= 15 is 0 Å². The zero-order valence-corrected chi connectivity index (χ0v) is 19.3. The Bertz CT molecular complexity index is 1620. The SMILES string of the molecule is CC(=O)N1CC=C(c2nc(-c3ccc4ccc(-c5ccccc5)nc4c3)c3c(N)nccn23)CC1. The first-order valence-electron chi connectivity index (χ1n) is 11.6. The first-order valence-corrected chi connectivity index (χ1v) is 11.6. The van der Waals surface area contributed by atoms with Crippen LogP contribution < -0.4 is 5.73 Å². The number of anilines is 1. The van der Waals surface area contributed by atoms with Gasteiger partial charge in [0.05, 0.1) is 11.2 Å². The van der Waals surface area contributed by atoms with Crippen molar-refractivity contribution in [1.82, 2.24) is 24.3 Å². The van der Waals surface area contributed by atoms with Crippen LogP contribution in [0.4, 0.5) is 5.82 Å². The molecule has 0 radical (unpaired) electrons. The lowest BCUT2D eigenvalue weighted by Gasteiger charge is -2.24. The molecule has 3 aromatic heterocycles. The third-order valence-electron chi connectivity index (χ3n) is 6.56. The normalized spacial score (nSPS) is 13.9. The smallest absolute Gasteiger partial charge is 0.219 e. The topological polar surface area (TPSA) is 89.4 Å². The minimum atomic E-state index is 0.0842. The Hall–Kier alpha value is -4.52. The molecule has 0 unspecified atom stereocenters. The number of hydrogen-bond acceptors (Lipinski definition) is 5. The molecule has 5 aromatic rings. The molecule has 35 heavy (non-hydrogen) atoms. The van der Waals surface area contributed by atoms with Crippen molar-refractivity contribution in [2.24, 2.45) is 0 Å². The second kappa shape index (κ2) is 8.36. The summed E-state index contributed by atoms with van der Waals surface area (Å²) in [7, 11) is 0. The Morgan fingerprint density at radius 2 is 1.83 bits per heavy atom. The van der Waals surface area contributed by atoms with E-state index in [0.717, 1.165) is 56.8 Å². The lowest BCUT2D eigenvalue weighted by atomic mass is 10.1. The molecular weight excluding hydrogens is 436 g/mol. The predicted molar refractivity (Wildman–Crippen MR) is 138 cm³/mol. The van der Waals surface area contributed by atoms with Crippen molar-refractivity contribution in [1.29, 1.82) is 0 Å². The third-order valence-corrected chi connectivity index (χ3v) is 6.56. The third kappa shape index (κ3) is 3.71. The summed E-state index contributed by atoms with van der Waals surface area (Å²) in [5.74, 6) is 1.34. The van der Waals surface area contributed by atoms with Gasteiger partial charge >= 0.3 is 0 Å². The van der Waals surface area contributed by atoms with Crippen LogP contribution in [0.2, 0.25) is 0 Å². The van der Waals surface area contributed by atoms with Gasteiger partial charge in [0.15, 0.2) is 0 Å². The van der Waals surface area contributed by atoms with Gasteiger partial charge in [0.25, 0.3) is 0 Å².